The van der Waals surface area contributed by atoms with Crippen LogP contribution in [0.3, 0.4) is 0 Å². The number of hydrogen-bond donors (Lipinski definition) is 1. The van der Waals surface area contributed by atoms with Gasteiger partial charge in [0.1, 0.15) is 0 Å². The van der Waals surface area contributed by atoms with E-state index in [-0.39, 0.29) is 0 Å². The number of likely N-dealkylation sites (tertiary alicyclic amines) is 1. The highest BCUT2D eigenvalue weighted by Gasteiger charge is 2.33. The summed E-state index contributed by atoms with van der Waals surface area (Å²) in [7, 11) is 4.31. The first-order chi connectivity index (χ1) is 8.15. The van der Waals surface area contributed by atoms with Gasteiger partial charge < -0.3 is 5.32 Å². The topological polar surface area (TPSA) is 15.3 Å². The highest BCUT2D eigenvalue weighted by Crippen LogP contribution is 2.37. The minimum atomic E-state index is 0.586. The van der Waals surface area contributed by atoms with E-state index in [1.807, 2.05) is 0 Å². The molecule has 0 aliphatic carbocycles. The third kappa shape index (κ3) is 2.38. The molecule has 1 aromatic rings. The Kier molecular flexibility index (Phi) is 3.85. The van der Waals surface area contributed by atoms with E-state index in [9.17, 15) is 0 Å². The summed E-state index contributed by atoms with van der Waals surface area (Å²) in [6, 6.07) is 7.29. The normalized spacial score (nSPS) is 25.4. The molecule has 1 N–H and O–H groups in total. The predicted octanol–water partition coefficient (Wildman–Crippen LogP) is 2.52. The molecule has 1 aromatic carbocycles. The van der Waals surface area contributed by atoms with E-state index in [4.69, 9.17) is 0 Å². The minimum absolute atomic E-state index is 0.586. The third-order valence-electron chi connectivity index (χ3n) is 4.21. The zero-order chi connectivity index (χ0) is 12.4. The molecule has 1 aliphatic heterocycles. The molecule has 17 heavy (non-hydrogen) atoms. The minimum Gasteiger partial charge on any atom is -0.319 e. The Hall–Kier alpha value is -0.860. The average molecular weight is 232 g/mol. The largest absolute Gasteiger partial charge is 0.319 e. The smallest absolute Gasteiger partial charge is 0.0388 e. The molecule has 2 unspecified atom stereocenters. The first-order valence-electron chi connectivity index (χ1n) is 6.56. The zero-order valence-electron chi connectivity index (χ0n) is 11.5. The third-order valence-corrected chi connectivity index (χ3v) is 4.21. The summed E-state index contributed by atoms with van der Waals surface area (Å²) in [6.45, 7) is 6.79. The summed E-state index contributed by atoms with van der Waals surface area (Å²) in [5.74, 6) is 0.741. The van der Waals surface area contributed by atoms with Crippen molar-refractivity contribution in [2.45, 2.75) is 26.3 Å². The van der Waals surface area contributed by atoms with Crippen molar-refractivity contribution in [1.82, 2.24) is 10.2 Å². The lowest BCUT2D eigenvalue weighted by atomic mass is 9.89. The number of rotatable bonds is 3. The van der Waals surface area contributed by atoms with Gasteiger partial charge in [0.05, 0.1) is 0 Å². The first kappa shape index (κ1) is 12.6. The van der Waals surface area contributed by atoms with Gasteiger partial charge in [-0.05, 0) is 70.1 Å². The van der Waals surface area contributed by atoms with Crippen LogP contribution in [0.5, 0.6) is 0 Å². The Morgan fingerprint density at radius 1 is 1.35 bits per heavy atom. The summed E-state index contributed by atoms with van der Waals surface area (Å²) in [5.41, 5.74) is 4.39. The van der Waals surface area contributed by atoms with Crippen LogP contribution in [0, 0.1) is 19.8 Å². The molecule has 2 rings (SSSR count). The number of hydrogen-bond acceptors (Lipinski definition) is 2. The molecule has 2 heteroatoms. The number of aryl methyl sites for hydroxylation is 1. The predicted molar refractivity (Wildman–Crippen MR) is 73.3 cm³/mol. The molecule has 0 saturated carbocycles. The molecule has 94 valence electrons. The lowest BCUT2D eigenvalue weighted by Gasteiger charge is -2.27. The van der Waals surface area contributed by atoms with Crippen LogP contribution >= 0.6 is 0 Å². The van der Waals surface area contributed by atoms with Crippen LogP contribution in [-0.2, 0) is 0 Å². The van der Waals surface area contributed by atoms with E-state index in [0.717, 1.165) is 12.5 Å². The van der Waals surface area contributed by atoms with Crippen molar-refractivity contribution in [3.63, 3.8) is 0 Å². The standard InChI is InChI=1S/C15H24N2/c1-11-6-5-7-14(12(11)2)15-13(10-16-3)8-9-17(15)4/h5-7,13,15-16H,8-10H2,1-4H3. The lowest BCUT2D eigenvalue weighted by Crippen LogP contribution is -2.27. The second kappa shape index (κ2) is 5.19. The fourth-order valence-corrected chi connectivity index (χ4v) is 3.09. The van der Waals surface area contributed by atoms with E-state index in [0.29, 0.717) is 6.04 Å². The molecule has 1 saturated heterocycles. The Bertz CT molecular complexity index is 385. The van der Waals surface area contributed by atoms with E-state index in [2.05, 4.69) is 56.4 Å². The summed E-state index contributed by atoms with van der Waals surface area (Å²) in [4.78, 5) is 2.50. The van der Waals surface area contributed by atoms with Gasteiger partial charge in [-0.2, -0.15) is 0 Å². The average Bonchev–Trinajstić information content (AvgIpc) is 2.65. The quantitative estimate of drug-likeness (QED) is 0.861. The fraction of sp³-hybridized carbons (Fsp3) is 0.600. The van der Waals surface area contributed by atoms with E-state index in [1.165, 1.54) is 29.7 Å². The first-order valence-corrected chi connectivity index (χ1v) is 6.56. The summed E-state index contributed by atoms with van der Waals surface area (Å²) in [6.07, 6.45) is 1.30. The molecule has 2 atom stereocenters. The fourth-order valence-electron chi connectivity index (χ4n) is 3.09. The van der Waals surface area contributed by atoms with Gasteiger partial charge in [0, 0.05) is 6.04 Å². The van der Waals surface area contributed by atoms with Gasteiger partial charge in [-0.15, -0.1) is 0 Å². The maximum atomic E-state index is 3.34. The summed E-state index contributed by atoms with van der Waals surface area (Å²) in [5, 5.41) is 3.34. The van der Waals surface area contributed by atoms with Crippen molar-refractivity contribution < 1.29 is 0 Å². The summed E-state index contributed by atoms with van der Waals surface area (Å²) < 4.78 is 0. The van der Waals surface area contributed by atoms with Crippen LogP contribution in [0.4, 0.5) is 0 Å². The maximum Gasteiger partial charge on any atom is 0.0388 e. The molecule has 2 nitrogen and oxygen atoms in total. The Labute approximate surface area is 105 Å². The van der Waals surface area contributed by atoms with Crippen LogP contribution in [0.15, 0.2) is 18.2 Å². The summed E-state index contributed by atoms with van der Waals surface area (Å²) >= 11 is 0. The maximum absolute atomic E-state index is 3.34. The molecule has 0 spiro atoms. The van der Waals surface area contributed by atoms with Crippen molar-refractivity contribution in [2.75, 3.05) is 27.2 Å². The van der Waals surface area contributed by atoms with E-state index < -0.39 is 0 Å². The van der Waals surface area contributed by atoms with Gasteiger partial charge in [0.2, 0.25) is 0 Å². The molecule has 0 bridgehead atoms. The Balaban J connectivity index is 2.33. The number of nitrogens with zero attached hydrogens (tertiary/aromatic N) is 1. The zero-order valence-corrected chi connectivity index (χ0v) is 11.5. The van der Waals surface area contributed by atoms with E-state index >= 15 is 0 Å². The lowest BCUT2D eigenvalue weighted by molar-refractivity contribution is 0.273. The highest BCUT2D eigenvalue weighted by molar-refractivity contribution is 5.36. The monoisotopic (exact) mass is 232 g/mol. The van der Waals surface area contributed by atoms with Crippen molar-refractivity contribution in [2.24, 2.45) is 5.92 Å². The Morgan fingerprint density at radius 3 is 2.82 bits per heavy atom. The Morgan fingerprint density at radius 2 is 2.12 bits per heavy atom. The van der Waals surface area contributed by atoms with Crippen LogP contribution in [0.25, 0.3) is 0 Å². The van der Waals surface area contributed by atoms with Crippen molar-refractivity contribution in [3.05, 3.63) is 34.9 Å². The molecular weight excluding hydrogens is 208 g/mol. The second-order valence-electron chi connectivity index (χ2n) is 5.32. The van der Waals surface area contributed by atoms with Crippen molar-refractivity contribution in [1.29, 1.82) is 0 Å². The van der Waals surface area contributed by atoms with Crippen LogP contribution in [0.2, 0.25) is 0 Å². The molecule has 0 radical (unpaired) electrons. The van der Waals surface area contributed by atoms with Crippen LogP contribution in [0.1, 0.15) is 29.2 Å². The highest BCUT2D eigenvalue weighted by atomic mass is 15.2. The SMILES string of the molecule is CNCC1CCN(C)C1c1cccc(C)c1C. The van der Waals surface area contributed by atoms with Gasteiger partial charge in [-0.3, -0.25) is 4.90 Å². The van der Waals surface area contributed by atoms with Gasteiger partial charge in [0.15, 0.2) is 0 Å². The van der Waals surface area contributed by atoms with Crippen molar-refractivity contribution >= 4 is 0 Å². The number of nitrogens with one attached hydrogen (secondary N) is 1. The molecular formula is C15H24N2. The van der Waals surface area contributed by atoms with Gasteiger partial charge in [-0.1, -0.05) is 18.2 Å². The molecule has 1 fully saturated rings. The molecule has 1 aliphatic rings. The van der Waals surface area contributed by atoms with Crippen LogP contribution in [-0.4, -0.2) is 32.1 Å². The van der Waals surface area contributed by atoms with Gasteiger partial charge in [-0.25, -0.2) is 0 Å². The van der Waals surface area contributed by atoms with Gasteiger partial charge >= 0.3 is 0 Å². The van der Waals surface area contributed by atoms with E-state index in [1.54, 1.807) is 0 Å². The van der Waals surface area contributed by atoms with Gasteiger partial charge in [0.25, 0.3) is 0 Å². The molecule has 0 aromatic heterocycles. The second-order valence-corrected chi connectivity index (χ2v) is 5.32. The van der Waals surface area contributed by atoms with Crippen LogP contribution < -0.4 is 5.32 Å². The molecule has 1 heterocycles. The molecule has 0 amide bonds. The van der Waals surface area contributed by atoms with Crippen molar-refractivity contribution in [3.8, 4) is 0 Å². The number of benzene rings is 1.